The molecule has 4 rings (SSSR count). The fraction of sp³-hybridized carbons (Fsp3) is 0.579. The van der Waals surface area contributed by atoms with Crippen molar-refractivity contribution in [3.63, 3.8) is 0 Å². The van der Waals surface area contributed by atoms with Crippen molar-refractivity contribution in [3.05, 3.63) is 35.9 Å². The molecule has 4 heteroatoms. The Morgan fingerprint density at radius 3 is 2.78 bits per heavy atom. The third-order valence-corrected chi connectivity index (χ3v) is 7.21. The molecule has 1 aliphatic heterocycles. The van der Waals surface area contributed by atoms with Crippen LogP contribution in [0.3, 0.4) is 0 Å². The Kier molecular flexibility index (Phi) is 2.93. The number of hydrazine groups is 1. The SMILES string of the molecule is CC12CN(NC(=O)Cc3ccccc3)C3(C#N)CC1CCC23C. The minimum Gasteiger partial charge on any atom is -0.287 e. The Bertz CT molecular complexity index is 696. The number of nitrogens with zero attached hydrogens (tertiary/aromatic N) is 2. The van der Waals surface area contributed by atoms with Crippen LogP contribution < -0.4 is 5.43 Å². The smallest absolute Gasteiger partial charge is 0.238 e. The van der Waals surface area contributed by atoms with Gasteiger partial charge >= 0.3 is 0 Å². The average molecular weight is 309 g/mol. The van der Waals surface area contributed by atoms with Crippen LogP contribution in [-0.4, -0.2) is 23.0 Å². The van der Waals surface area contributed by atoms with Crippen molar-refractivity contribution in [3.8, 4) is 6.07 Å². The van der Waals surface area contributed by atoms with Gasteiger partial charge in [-0.1, -0.05) is 44.2 Å². The maximum atomic E-state index is 12.5. The van der Waals surface area contributed by atoms with Gasteiger partial charge in [-0.15, -0.1) is 0 Å². The molecule has 1 aromatic rings. The molecule has 0 spiro atoms. The van der Waals surface area contributed by atoms with Gasteiger partial charge < -0.3 is 0 Å². The Hall–Kier alpha value is -1.86. The second-order valence-corrected chi connectivity index (χ2v) is 7.94. The molecule has 23 heavy (non-hydrogen) atoms. The van der Waals surface area contributed by atoms with E-state index in [1.165, 1.54) is 6.42 Å². The highest BCUT2D eigenvalue weighted by atomic mass is 16.2. The standard InChI is InChI=1S/C19H23N3O/c1-17-13-22(21-16(23)10-14-6-4-3-5-7-14)19(12-20)11-15(17)8-9-18(17,19)2/h3-7,15H,8-11,13H2,1-2H3,(H,21,23). The number of nitriles is 1. The van der Waals surface area contributed by atoms with Gasteiger partial charge in [0.25, 0.3) is 0 Å². The highest BCUT2D eigenvalue weighted by Gasteiger charge is 2.78. The van der Waals surface area contributed by atoms with Gasteiger partial charge in [0.1, 0.15) is 5.54 Å². The lowest BCUT2D eigenvalue weighted by Gasteiger charge is -2.42. The number of nitrogens with one attached hydrogen (secondary N) is 1. The first-order valence-electron chi connectivity index (χ1n) is 8.47. The van der Waals surface area contributed by atoms with E-state index < -0.39 is 5.54 Å². The zero-order chi connectivity index (χ0) is 16.3. The largest absolute Gasteiger partial charge is 0.287 e. The molecule has 4 unspecified atom stereocenters. The van der Waals surface area contributed by atoms with E-state index in [0.29, 0.717) is 12.3 Å². The molecular weight excluding hydrogens is 286 g/mol. The van der Waals surface area contributed by atoms with E-state index in [-0.39, 0.29) is 16.7 Å². The number of amides is 1. The maximum absolute atomic E-state index is 12.5. The van der Waals surface area contributed by atoms with Crippen LogP contribution in [0.4, 0.5) is 0 Å². The summed E-state index contributed by atoms with van der Waals surface area (Å²) in [4.78, 5) is 12.5. The minimum atomic E-state index is -0.531. The predicted octanol–water partition coefficient (Wildman–Crippen LogP) is 2.66. The van der Waals surface area contributed by atoms with E-state index in [1.807, 2.05) is 35.3 Å². The lowest BCUT2D eigenvalue weighted by Crippen LogP contribution is -2.59. The van der Waals surface area contributed by atoms with Gasteiger partial charge in [-0.2, -0.15) is 10.3 Å². The van der Waals surface area contributed by atoms with Crippen molar-refractivity contribution in [2.45, 2.75) is 45.1 Å². The van der Waals surface area contributed by atoms with Gasteiger partial charge in [-0.05, 0) is 36.2 Å². The van der Waals surface area contributed by atoms with Crippen molar-refractivity contribution in [2.75, 3.05) is 6.54 Å². The molecule has 0 radical (unpaired) electrons. The van der Waals surface area contributed by atoms with Gasteiger partial charge in [-0.3, -0.25) is 10.2 Å². The van der Waals surface area contributed by atoms with Crippen molar-refractivity contribution in [2.24, 2.45) is 16.7 Å². The van der Waals surface area contributed by atoms with Crippen LogP contribution in [0.2, 0.25) is 0 Å². The Labute approximate surface area is 137 Å². The van der Waals surface area contributed by atoms with Crippen molar-refractivity contribution >= 4 is 5.91 Å². The fourth-order valence-corrected chi connectivity index (χ4v) is 5.62. The lowest BCUT2D eigenvalue weighted by molar-refractivity contribution is -0.128. The monoisotopic (exact) mass is 309 g/mol. The molecule has 1 amide bonds. The summed E-state index contributed by atoms with van der Waals surface area (Å²) in [5.41, 5.74) is 3.65. The number of hydrogen-bond donors (Lipinski definition) is 1. The highest BCUT2D eigenvalue weighted by molar-refractivity contribution is 5.78. The second-order valence-electron chi connectivity index (χ2n) is 7.94. The maximum Gasteiger partial charge on any atom is 0.238 e. The summed E-state index contributed by atoms with van der Waals surface area (Å²) >= 11 is 0. The predicted molar refractivity (Wildman–Crippen MR) is 86.9 cm³/mol. The summed E-state index contributed by atoms with van der Waals surface area (Å²) in [5, 5.41) is 11.9. The summed E-state index contributed by atoms with van der Waals surface area (Å²) in [6.45, 7) is 5.36. The second kappa shape index (κ2) is 4.58. The molecular formula is C19H23N3O. The van der Waals surface area contributed by atoms with Crippen molar-refractivity contribution < 1.29 is 4.79 Å². The number of carbonyl (C=O) groups is 1. The van der Waals surface area contributed by atoms with Gasteiger partial charge in [0, 0.05) is 12.0 Å². The quantitative estimate of drug-likeness (QED) is 0.934. The zero-order valence-electron chi connectivity index (χ0n) is 13.8. The summed E-state index contributed by atoms with van der Waals surface area (Å²) in [7, 11) is 0. The van der Waals surface area contributed by atoms with Crippen LogP contribution in [0, 0.1) is 28.1 Å². The fourth-order valence-electron chi connectivity index (χ4n) is 5.62. The Morgan fingerprint density at radius 1 is 1.39 bits per heavy atom. The first kappa shape index (κ1) is 14.7. The molecule has 4 nitrogen and oxygen atoms in total. The molecule has 2 aliphatic carbocycles. The molecule has 120 valence electrons. The van der Waals surface area contributed by atoms with Gasteiger partial charge in [-0.25, -0.2) is 0 Å². The zero-order valence-corrected chi connectivity index (χ0v) is 13.8. The van der Waals surface area contributed by atoms with Gasteiger partial charge in [0.2, 0.25) is 5.91 Å². The van der Waals surface area contributed by atoms with E-state index in [4.69, 9.17) is 0 Å². The Morgan fingerprint density at radius 2 is 2.13 bits per heavy atom. The summed E-state index contributed by atoms with van der Waals surface area (Å²) < 4.78 is 0. The lowest BCUT2D eigenvalue weighted by atomic mass is 9.66. The van der Waals surface area contributed by atoms with Crippen LogP contribution in [-0.2, 0) is 11.2 Å². The number of hydrogen-bond acceptors (Lipinski definition) is 3. The number of piperidine rings is 1. The van der Waals surface area contributed by atoms with Gasteiger partial charge in [0.05, 0.1) is 12.5 Å². The summed E-state index contributed by atoms with van der Waals surface area (Å²) in [6.07, 6.45) is 3.56. The first-order valence-corrected chi connectivity index (χ1v) is 8.47. The van der Waals surface area contributed by atoms with Crippen LogP contribution in [0.5, 0.6) is 0 Å². The molecule has 0 aromatic heterocycles. The molecule has 1 aromatic carbocycles. The van der Waals surface area contributed by atoms with Crippen molar-refractivity contribution in [1.29, 1.82) is 5.26 Å². The van der Waals surface area contributed by atoms with Crippen LogP contribution in [0.15, 0.2) is 30.3 Å². The summed E-state index contributed by atoms with van der Waals surface area (Å²) in [6, 6.07) is 12.3. The Balaban J connectivity index is 1.55. The van der Waals surface area contributed by atoms with E-state index in [2.05, 4.69) is 25.3 Å². The van der Waals surface area contributed by atoms with E-state index >= 15 is 0 Å². The molecule has 1 N–H and O–H groups in total. The molecule has 4 atom stereocenters. The van der Waals surface area contributed by atoms with Gasteiger partial charge in [0.15, 0.2) is 0 Å². The summed E-state index contributed by atoms with van der Waals surface area (Å²) in [5.74, 6) is 0.593. The molecule has 2 saturated carbocycles. The number of carbonyl (C=O) groups excluding carboxylic acids is 1. The number of benzene rings is 1. The molecule has 3 fully saturated rings. The third-order valence-electron chi connectivity index (χ3n) is 7.21. The average Bonchev–Trinajstić information content (AvgIpc) is 2.97. The molecule has 3 aliphatic rings. The van der Waals surface area contributed by atoms with E-state index in [1.54, 1.807) is 0 Å². The molecule has 4 bridgehead atoms. The van der Waals surface area contributed by atoms with Crippen molar-refractivity contribution in [1.82, 2.24) is 10.4 Å². The number of rotatable bonds is 3. The normalized spacial score (nSPS) is 41.0. The van der Waals surface area contributed by atoms with E-state index in [0.717, 1.165) is 24.9 Å². The highest BCUT2D eigenvalue weighted by Crippen LogP contribution is 2.75. The van der Waals surface area contributed by atoms with Crippen LogP contribution >= 0.6 is 0 Å². The van der Waals surface area contributed by atoms with E-state index in [9.17, 15) is 10.1 Å². The van der Waals surface area contributed by atoms with Crippen LogP contribution in [0.1, 0.15) is 38.7 Å². The first-order chi connectivity index (χ1) is 11.0. The van der Waals surface area contributed by atoms with Crippen LogP contribution in [0.25, 0.3) is 0 Å². The third kappa shape index (κ3) is 1.66. The molecule has 1 saturated heterocycles. The molecule has 1 heterocycles. The topological polar surface area (TPSA) is 56.1 Å². The minimum absolute atomic E-state index is 0.0144.